The Morgan fingerprint density at radius 2 is 1.95 bits per heavy atom. The topological polar surface area (TPSA) is 119 Å². The first-order chi connectivity index (χ1) is 19.3. The van der Waals surface area contributed by atoms with Crippen LogP contribution in [-0.2, 0) is 22.5 Å². The Balaban J connectivity index is 1.15. The summed E-state index contributed by atoms with van der Waals surface area (Å²) in [5.74, 6) is 0. The molecule has 7 rings (SSSR count). The molecule has 1 aromatic carbocycles. The molecule has 4 aliphatic rings. The normalized spacial score (nSPS) is 25.6. The van der Waals surface area contributed by atoms with Gasteiger partial charge in [0.25, 0.3) is 0 Å². The molecule has 3 aromatic rings. The van der Waals surface area contributed by atoms with Gasteiger partial charge in [-0.2, -0.15) is 0 Å². The van der Waals surface area contributed by atoms with Crippen LogP contribution in [0.15, 0.2) is 57.3 Å². The number of aryl methyl sites for hydroxylation is 3. The zero-order valence-corrected chi connectivity index (χ0v) is 22.9. The zero-order valence-electron chi connectivity index (χ0n) is 22.9. The number of hydroxylamine groups is 1. The summed E-state index contributed by atoms with van der Waals surface area (Å²) in [4.78, 5) is 40.1. The number of fused-ring (bicyclic) bond motifs is 5. The van der Waals surface area contributed by atoms with Gasteiger partial charge in [0.05, 0.1) is 28.9 Å². The van der Waals surface area contributed by atoms with Gasteiger partial charge in [-0.05, 0) is 69.4 Å². The van der Waals surface area contributed by atoms with Crippen LogP contribution in [0, 0.1) is 13.8 Å². The summed E-state index contributed by atoms with van der Waals surface area (Å²) in [6, 6.07) is 10.4. The van der Waals surface area contributed by atoms with Gasteiger partial charge in [0.15, 0.2) is 0 Å². The van der Waals surface area contributed by atoms with Crippen molar-refractivity contribution in [3.05, 3.63) is 85.6 Å². The first-order valence-electron chi connectivity index (χ1n) is 14.0. The van der Waals surface area contributed by atoms with Crippen LogP contribution < -0.4 is 21.8 Å². The maximum absolute atomic E-state index is 13.6. The van der Waals surface area contributed by atoms with E-state index in [1.165, 1.54) is 20.6 Å². The van der Waals surface area contributed by atoms with E-state index >= 15 is 0 Å². The fraction of sp³-hybridized carbons (Fsp3) is 0.483. The monoisotopic (exact) mass is 546 g/mol. The molecular formula is C29H34N6O5. The van der Waals surface area contributed by atoms with Gasteiger partial charge in [0.2, 0.25) is 0 Å². The lowest BCUT2D eigenvalue weighted by Gasteiger charge is -2.36. The average Bonchev–Trinajstić information content (AvgIpc) is 3.70. The Hall–Kier alpha value is -3.67. The highest BCUT2D eigenvalue weighted by Gasteiger charge is 2.57. The summed E-state index contributed by atoms with van der Waals surface area (Å²) in [5, 5.41) is 11.2. The number of epoxide rings is 1. The average molecular weight is 547 g/mol. The van der Waals surface area contributed by atoms with E-state index < -0.39 is 29.6 Å². The number of nitrogens with one attached hydrogen (secondary N) is 1. The summed E-state index contributed by atoms with van der Waals surface area (Å²) >= 11 is 0. The van der Waals surface area contributed by atoms with E-state index in [1.807, 2.05) is 13.0 Å². The molecule has 0 radical (unpaired) electrons. The molecule has 1 fully saturated rings. The number of ether oxygens (including phenoxy) is 1. The van der Waals surface area contributed by atoms with Crippen molar-refractivity contribution in [3.8, 4) is 5.69 Å². The van der Waals surface area contributed by atoms with Crippen molar-refractivity contribution in [3.63, 3.8) is 0 Å². The smallest absolute Gasteiger partial charge is 0.352 e. The summed E-state index contributed by atoms with van der Waals surface area (Å²) in [6.45, 7) is 8.11. The standard InChI is InChI=1S/C29H34N6O5/c1-16-14-22-21(30-18(16)3)10-7-12-32(22)15-17(2)40-31-23-20-11-13-33-28(37)34(19-8-5-4-6-9-19)29(38)35(33)24(20)25(36)27-26(23)39-27/h4-6,8-9,14,17,24-27,31,36H,7,10-13,15H2,1-3H3/t17?,24-,25+,26-,27+/m1/s1. The molecule has 2 N–H and O–H groups in total. The number of hydrogen-bond acceptors (Lipinski definition) is 8. The molecule has 40 heavy (non-hydrogen) atoms. The third-order valence-corrected chi connectivity index (χ3v) is 8.66. The minimum atomic E-state index is -0.942. The van der Waals surface area contributed by atoms with Crippen LogP contribution in [0.4, 0.5) is 5.69 Å². The molecule has 210 valence electrons. The second-order valence-electron chi connectivity index (χ2n) is 11.3. The van der Waals surface area contributed by atoms with E-state index in [0.29, 0.717) is 25.2 Å². The summed E-state index contributed by atoms with van der Waals surface area (Å²) < 4.78 is 9.83. The van der Waals surface area contributed by atoms with Gasteiger partial charge in [-0.15, -0.1) is 0 Å². The Labute approximate surface area is 231 Å². The fourth-order valence-electron chi connectivity index (χ4n) is 6.49. The van der Waals surface area contributed by atoms with Crippen LogP contribution in [-0.4, -0.2) is 61.5 Å². The molecule has 5 atom stereocenters. The van der Waals surface area contributed by atoms with Crippen molar-refractivity contribution in [2.24, 2.45) is 0 Å². The van der Waals surface area contributed by atoms with E-state index in [2.05, 4.69) is 30.3 Å². The molecule has 0 spiro atoms. The van der Waals surface area contributed by atoms with Crippen LogP contribution in [0.3, 0.4) is 0 Å². The second-order valence-corrected chi connectivity index (χ2v) is 11.3. The molecule has 1 unspecified atom stereocenters. The number of aromatic nitrogens is 4. The number of rotatable bonds is 6. The van der Waals surface area contributed by atoms with Gasteiger partial charge >= 0.3 is 11.4 Å². The second kappa shape index (κ2) is 9.46. The van der Waals surface area contributed by atoms with Crippen LogP contribution >= 0.6 is 0 Å². The quantitative estimate of drug-likeness (QED) is 0.353. The predicted octanol–water partition coefficient (Wildman–Crippen LogP) is 1.52. The SMILES string of the molecule is Cc1cc2c(nc1C)CCCN2CC(C)ONC1=C2CCn3c(=O)n(-c4ccccc4)c(=O)n3[C@H]2[C@H](O)[C@@H]2O[C@H]12. The van der Waals surface area contributed by atoms with E-state index in [4.69, 9.17) is 14.6 Å². The lowest BCUT2D eigenvalue weighted by Crippen LogP contribution is -2.48. The summed E-state index contributed by atoms with van der Waals surface area (Å²) in [7, 11) is 0. The van der Waals surface area contributed by atoms with Crippen molar-refractivity contribution < 1.29 is 14.7 Å². The number of para-hydroxylation sites is 1. The number of nitrogens with zero attached hydrogens (tertiary/aromatic N) is 5. The van der Waals surface area contributed by atoms with Crippen LogP contribution in [0.2, 0.25) is 0 Å². The van der Waals surface area contributed by atoms with E-state index in [0.717, 1.165) is 46.6 Å². The molecule has 5 heterocycles. The molecule has 3 aliphatic heterocycles. The highest BCUT2D eigenvalue weighted by molar-refractivity contribution is 5.55. The maximum Gasteiger partial charge on any atom is 0.352 e. The number of benzene rings is 1. The number of aliphatic hydroxyl groups excluding tert-OH is 1. The third-order valence-electron chi connectivity index (χ3n) is 8.66. The summed E-state index contributed by atoms with van der Waals surface area (Å²) in [6.07, 6.45) is 0.648. The van der Waals surface area contributed by atoms with Gasteiger partial charge in [-0.25, -0.2) is 23.5 Å². The molecule has 1 aliphatic carbocycles. The predicted molar refractivity (Wildman–Crippen MR) is 148 cm³/mol. The van der Waals surface area contributed by atoms with Gasteiger partial charge in [0, 0.05) is 25.3 Å². The number of hydrogen-bond donors (Lipinski definition) is 2. The lowest BCUT2D eigenvalue weighted by molar-refractivity contribution is 0.000433. The first-order valence-corrected chi connectivity index (χ1v) is 14.0. The third kappa shape index (κ3) is 3.94. The van der Waals surface area contributed by atoms with Crippen LogP contribution in [0.25, 0.3) is 5.69 Å². The molecule has 0 amide bonds. The van der Waals surface area contributed by atoms with Crippen molar-refractivity contribution >= 4 is 5.69 Å². The molecule has 0 saturated carbocycles. The van der Waals surface area contributed by atoms with Crippen molar-refractivity contribution in [1.82, 2.24) is 24.4 Å². The van der Waals surface area contributed by atoms with Crippen LogP contribution in [0.5, 0.6) is 0 Å². The molecule has 11 heteroatoms. The molecule has 0 bridgehead atoms. The van der Waals surface area contributed by atoms with Crippen molar-refractivity contribution in [2.75, 3.05) is 18.0 Å². The van der Waals surface area contributed by atoms with Crippen LogP contribution in [0.1, 0.15) is 42.8 Å². The van der Waals surface area contributed by atoms with Crippen molar-refractivity contribution in [2.45, 2.75) is 77.0 Å². The molecular weight excluding hydrogens is 512 g/mol. The van der Waals surface area contributed by atoms with E-state index in [-0.39, 0.29) is 12.2 Å². The summed E-state index contributed by atoms with van der Waals surface area (Å²) in [5.41, 5.74) is 8.92. The number of pyridine rings is 1. The van der Waals surface area contributed by atoms with E-state index in [9.17, 15) is 14.7 Å². The van der Waals surface area contributed by atoms with Crippen molar-refractivity contribution in [1.29, 1.82) is 0 Å². The Kier molecular flexibility index (Phi) is 5.99. The lowest BCUT2D eigenvalue weighted by atomic mass is 9.86. The number of aliphatic hydroxyl groups is 1. The molecule has 1 saturated heterocycles. The molecule has 11 nitrogen and oxygen atoms in total. The number of anilines is 1. The minimum Gasteiger partial charge on any atom is -0.388 e. The minimum absolute atomic E-state index is 0.160. The highest BCUT2D eigenvalue weighted by Crippen LogP contribution is 2.46. The highest BCUT2D eigenvalue weighted by atomic mass is 16.7. The first kappa shape index (κ1) is 25.3. The zero-order chi connectivity index (χ0) is 27.7. The van der Waals surface area contributed by atoms with Gasteiger partial charge in [-0.3, -0.25) is 15.3 Å². The fourth-order valence-corrected chi connectivity index (χ4v) is 6.49. The van der Waals surface area contributed by atoms with Gasteiger partial charge in [0.1, 0.15) is 24.4 Å². The maximum atomic E-state index is 13.6. The Morgan fingerprint density at radius 1 is 1.15 bits per heavy atom. The largest absolute Gasteiger partial charge is 0.388 e. The van der Waals surface area contributed by atoms with Gasteiger partial charge < -0.3 is 14.7 Å². The Morgan fingerprint density at radius 3 is 2.75 bits per heavy atom. The van der Waals surface area contributed by atoms with E-state index in [1.54, 1.807) is 24.3 Å². The van der Waals surface area contributed by atoms with Gasteiger partial charge in [-0.1, -0.05) is 18.2 Å². The Bertz CT molecular complexity index is 1620. The molecule has 2 aromatic heterocycles.